The summed E-state index contributed by atoms with van der Waals surface area (Å²) >= 11 is 6.15. The monoisotopic (exact) mass is 337 g/mol. The average molecular weight is 338 g/mol. The largest absolute Gasteiger partial charge is 0.379 e. The van der Waals surface area contributed by atoms with Gasteiger partial charge in [0.25, 0.3) is 0 Å². The van der Waals surface area contributed by atoms with Crippen LogP contribution in [0.25, 0.3) is 0 Å². The van der Waals surface area contributed by atoms with Gasteiger partial charge in [0.05, 0.1) is 25.3 Å². The topological polar surface area (TPSA) is 53.6 Å². The molecule has 3 rings (SSSR count). The maximum Gasteiger partial charge on any atom is 0.237 e. The van der Waals surface area contributed by atoms with Crippen LogP contribution in [0.2, 0.25) is 5.02 Å². The van der Waals surface area contributed by atoms with E-state index in [1.54, 1.807) is 0 Å². The molecule has 0 spiro atoms. The Kier molecular flexibility index (Phi) is 5.89. The van der Waals surface area contributed by atoms with Crippen molar-refractivity contribution in [2.45, 2.75) is 24.9 Å². The average Bonchev–Trinajstić information content (AvgIpc) is 3.10. The SMILES string of the molecule is O=C(NC[C@H](c1cccc(Cl)c1)N1CCOCC1)[C@@H]1CCCN1. The lowest BCUT2D eigenvalue weighted by atomic mass is 10.0. The van der Waals surface area contributed by atoms with E-state index in [4.69, 9.17) is 16.3 Å². The van der Waals surface area contributed by atoms with Crippen LogP contribution in [0, 0.1) is 0 Å². The quantitative estimate of drug-likeness (QED) is 0.856. The fourth-order valence-corrected chi connectivity index (χ4v) is 3.49. The molecular weight excluding hydrogens is 314 g/mol. The Morgan fingerprint density at radius 2 is 2.26 bits per heavy atom. The van der Waals surface area contributed by atoms with E-state index in [0.717, 1.165) is 56.3 Å². The first kappa shape index (κ1) is 16.7. The van der Waals surface area contributed by atoms with E-state index >= 15 is 0 Å². The summed E-state index contributed by atoms with van der Waals surface area (Å²) in [6, 6.07) is 7.99. The smallest absolute Gasteiger partial charge is 0.237 e. The molecule has 2 atom stereocenters. The summed E-state index contributed by atoms with van der Waals surface area (Å²) in [4.78, 5) is 14.6. The summed E-state index contributed by atoms with van der Waals surface area (Å²) in [5, 5.41) is 7.08. The number of nitrogens with zero attached hydrogens (tertiary/aromatic N) is 1. The predicted octanol–water partition coefficient (Wildman–Crippen LogP) is 1.58. The molecule has 6 heteroatoms. The normalized spacial score (nSPS) is 23.6. The van der Waals surface area contributed by atoms with Crippen molar-refractivity contribution in [1.82, 2.24) is 15.5 Å². The maximum absolute atomic E-state index is 12.3. The van der Waals surface area contributed by atoms with Gasteiger partial charge in [-0.3, -0.25) is 9.69 Å². The fraction of sp³-hybridized carbons (Fsp3) is 0.588. The minimum Gasteiger partial charge on any atom is -0.379 e. The van der Waals surface area contributed by atoms with Crippen molar-refractivity contribution in [2.24, 2.45) is 0 Å². The molecule has 2 heterocycles. The number of carbonyl (C=O) groups is 1. The van der Waals surface area contributed by atoms with Crippen LogP contribution in [0.3, 0.4) is 0 Å². The van der Waals surface area contributed by atoms with E-state index in [0.29, 0.717) is 6.54 Å². The molecule has 0 radical (unpaired) electrons. The van der Waals surface area contributed by atoms with E-state index < -0.39 is 0 Å². The van der Waals surface area contributed by atoms with Crippen molar-refractivity contribution in [3.63, 3.8) is 0 Å². The van der Waals surface area contributed by atoms with Crippen LogP contribution in [0.4, 0.5) is 0 Å². The molecule has 23 heavy (non-hydrogen) atoms. The van der Waals surface area contributed by atoms with E-state index in [1.807, 2.05) is 18.2 Å². The van der Waals surface area contributed by atoms with E-state index in [2.05, 4.69) is 21.6 Å². The van der Waals surface area contributed by atoms with Crippen molar-refractivity contribution < 1.29 is 9.53 Å². The van der Waals surface area contributed by atoms with Gasteiger partial charge in [0.15, 0.2) is 0 Å². The highest BCUT2D eigenvalue weighted by Crippen LogP contribution is 2.24. The van der Waals surface area contributed by atoms with E-state index in [9.17, 15) is 4.79 Å². The summed E-state index contributed by atoms with van der Waals surface area (Å²) in [5.74, 6) is 0.0998. The summed E-state index contributed by atoms with van der Waals surface area (Å²) in [6.45, 7) is 4.73. The number of nitrogens with one attached hydrogen (secondary N) is 2. The van der Waals surface area contributed by atoms with Crippen molar-refractivity contribution in [3.05, 3.63) is 34.9 Å². The predicted molar refractivity (Wildman–Crippen MR) is 90.6 cm³/mol. The molecule has 0 unspecified atom stereocenters. The lowest BCUT2D eigenvalue weighted by Crippen LogP contribution is -2.47. The molecule has 126 valence electrons. The number of ether oxygens (including phenoxy) is 1. The molecule has 0 saturated carbocycles. The number of rotatable bonds is 5. The molecule has 2 aliphatic heterocycles. The van der Waals surface area contributed by atoms with Crippen molar-refractivity contribution >= 4 is 17.5 Å². The van der Waals surface area contributed by atoms with E-state index in [-0.39, 0.29) is 18.0 Å². The van der Waals surface area contributed by atoms with Gasteiger partial charge >= 0.3 is 0 Å². The Morgan fingerprint density at radius 1 is 1.43 bits per heavy atom. The summed E-state index contributed by atoms with van der Waals surface area (Å²) in [5.41, 5.74) is 1.14. The standard InChI is InChI=1S/C17H24ClN3O2/c18-14-4-1-3-13(11-14)16(21-7-9-23-10-8-21)12-20-17(22)15-5-2-6-19-15/h1,3-4,11,15-16,19H,2,5-10,12H2,(H,20,22)/t15-,16+/m0/s1. The zero-order valence-electron chi connectivity index (χ0n) is 13.3. The highest BCUT2D eigenvalue weighted by atomic mass is 35.5. The molecule has 1 aromatic rings. The van der Waals surface area contributed by atoms with Gasteiger partial charge in [0.1, 0.15) is 0 Å². The van der Waals surface area contributed by atoms with Gasteiger partial charge in [0, 0.05) is 24.7 Å². The van der Waals surface area contributed by atoms with Crippen LogP contribution >= 0.6 is 11.6 Å². The second kappa shape index (κ2) is 8.11. The van der Waals surface area contributed by atoms with Gasteiger partial charge in [-0.05, 0) is 37.1 Å². The first-order chi connectivity index (χ1) is 11.2. The van der Waals surface area contributed by atoms with Crippen molar-refractivity contribution in [3.8, 4) is 0 Å². The minimum atomic E-state index is -0.0419. The van der Waals surface area contributed by atoms with Gasteiger partial charge in [0.2, 0.25) is 5.91 Å². The van der Waals surface area contributed by atoms with Gasteiger partial charge in [-0.1, -0.05) is 23.7 Å². The van der Waals surface area contributed by atoms with Crippen LogP contribution in [0.5, 0.6) is 0 Å². The zero-order chi connectivity index (χ0) is 16.1. The number of hydrogen-bond donors (Lipinski definition) is 2. The van der Waals surface area contributed by atoms with Gasteiger partial charge in [-0.15, -0.1) is 0 Å². The van der Waals surface area contributed by atoms with Crippen molar-refractivity contribution in [2.75, 3.05) is 39.4 Å². The number of halogens is 1. The van der Waals surface area contributed by atoms with Gasteiger partial charge in [-0.2, -0.15) is 0 Å². The Balaban J connectivity index is 1.68. The molecule has 0 aliphatic carbocycles. The Labute approximate surface area is 142 Å². The molecule has 1 aromatic carbocycles. The van der Waals surface area contributed by atoms with Gasteiger partial charge < -0.3 is 15.4 Å². The highest BCUT2D eigenvalue weighted by molar-refractivity contribution is 6.30. The van der Waals surface area contributed by atoms with Crippen LogP contribution < -0.4 is 10.6 Å². The number of amides is 1. The van der Waals surface area contributed by atoms with Crippen LogP contribution in [0.1, 0.15) is 24.4 Å². The van der Waals surface area contributed by atoms with Crippen LogP contribution in [-0.2, 0) is 9.53 Å². The Morgan fingerprint density at radius 3 is 2.96 bits per heavy atom. The second-order valence-electron chi connectivity index (χ2n) is 6.11. The minimum absolute atomic E-state index is 0.0419. The Bertz CT molecular complexity index is 528. The molecule has 2 fully saturated rings. The molecular formula is C17H24ClN3O2. The number of hydrogen-bond acceptors (Lipinski definition) is 4. The van der Waals surface area contributed by atoms with Crippen LogP contribution in [0.15, 0.2) is 24.3 Å². The van der Waals surface area contributed by atoms with E-state index in [1.165, 1.54) is 0 Å². The van der Waals surface area contributed by atoms with Crippen molar-refractivity contribution in [1.29, 1.82) is 0 Å². The molecule has 0 aromatic heterocycles. The Hall–Kier alpha value is -1.14. The molecule has 2 aliphatic rings. The molecule has 2 saturated heterocycles. The summed E-state index contributed by atoms with van der Waals surface area (Å²) in [7, 11) is 0. The third-order valence-corrected chi connectivity index (χ3v) is 4.80. The molecule has 5 nitrogen and oxygen atoms in total. The first-order valence-electron chi connectivity index (χ1n) is 8.32. The second-order valence-corrected chi connectivity index (χ2v) is 6.55. The lowest BCUT2D eigenvalue weighted by molar-refractivity contribution is -0.123. The summed E-state index contributed by atoms with van der Waals surface area (Å²) in [6.07, 6.45) is 1.99. The molecule has 1 amide bonds. The number of morpholine rings is 1. The lowest BCUT2D eigenvalue weighted by Gasteiger charge is -2.35. The van der Waals surface area contributed by atoms with Gasteiger partial charge in [-0.25, -0.2) is 0 Å². The number of benzene rings is 1. The fourth-order valence-electron chi connectivity index (χ4n) is 3.29. The third kappa shape index (κ3) is 4.44. The molecule has 2 N–H and O–H groups in total. The third-order valence-electron chi connectivity index (χ3n) is 4.57. The van der Waals surface area contributed by atoms with Crippen LogP contribution in [-0.4, -0.2) is 56.2 Å². The first-order valence-corrected chi connectivity index (χ1v) is 8.70. The molecule has 0 bridgehead atoms. The highest BCUT2D eigenvalue weighted by Gasteiger charge is 2.26. The zero-order valence-corrected chi connectivity index (χ0v) is 14.0. The summed E-state index contributed by atoms with van der Waals surface area (Å²) < 4.78 is 5.45. The maximum atomic E-state index is 12.3. The number of carbonyl (C=O) groups excluding carboxylic acids is 1.